The van der Waals surface area contributed by atoms with Crippen LogP contribution in [0.2, 0.25) is 0 Å². The second-order valence-electron chi connectivity index (χ2n) is 4.89. The van der Waals surface area contributed by atoms with E-state index in [9.17, 15) is 10.2 Å². The maximum atomic E-state index is 9.44. The molecule has 0 aliphatic carbocycles. The average Bonchev–Trinajstić information content (AvgIpc) is 2.54. The van der Waals surface area contributed by atoms with E-state index in [1.807, 2.05) is 24.3 Å². The Balaban J connectivity index is 1.96. The normalized spacial score (nSPS) is 10.8. The van der Waals surface area contributed by atoms with Gasteiger partial charge in [0.2, 0.25) is 0 Å². The Morgan fingerprint density at radius 2 is 1.36 bits per heavy atom. The maximum Gasteiger partial charge on any atom is 0.160 e. The number of hydrogen-bond donors (Lipinski definition) is 2. The molecule has 2 aromatic rings. The summed E-state index contributed by atoms with van der Waals surface area (Å²) in [6.07, 6.45) is 5.57. The van der Waals surface area contributed by atoms with Gasteiger partial charge in [-0.15, -0.1) is 0 Å². The molecule has 0 saturated heterocycles. The largest absolute Gasteiger partial charge is 0.504 e. The number of methoxy groups -OCH3 is 2. The number of hydrogen-bond acceptors (Lipinski definition) is 4. The fourth-order valence-electron chi connectivity index (χ4n) is 2.14. The Hall–Kier alpha value is -2.62. The van der Waals surface area contributed by atoms with Gasteiger partial charge in [0.15, 0.2) is 23.0 Å². The van der Waals surface area contributed by atoms with Gasteiger partial charge in [0.25, 0.3) is 0 Å². The molecule has 2 aromatic carbocycles. The number of allylic oxidation sites excluding steroid dienone is 2. The van der Waals surface area contributed by atoms with Crippen LogP contribution in [0.15, 0.2) is 48.6 Å². The molecular formula is C18H20O4. The highest BCUT2D eigenvalue weighted by atomic mass is 16.5. The van der Waals surface area contributed by atoms with Gasteiger partial charge in [-0.25, -0.2) is 0 Å². The highest BCUT2D eigenvalue weighted by Crippen LogP contribution is 2.28. The third-order valence-corrected chi connectivity index (χ3v) is 3.36. The summed E-state index contributed by atoms with van der Waals surface area (Å²) in [5.74, 6) is 1.25. The first-order chi connectivity index (χ1) is 10.6. The quantitative estimate of drug-likeness (QED) is 0.633. The summed E-state index contributed by atoms with van der Waals surface area (Å²) in [6, 6.07) is 10.7. The van der Waals surface area contributed by atoms with Crippen LogP contribution < -0.4 is 9.47 Å². The molecule has 4 nitrogen and oxygen atoms in total. The lowest BCUT2D eigenvalue weighted by Crippen LogP contribution is -1.92. The summed E-state index contributed by atoms with van der Waals surface area (Å²) in [4.78, 5) is 0. The SMILES string of the molecule is COc1ccc(CC=CCc2ccc(O)c(O)c2)cc1OC. The van der Waals surface area contributed by atoms with E-state index in [1.165, 1.54) is 6.07 Å². The van der Waals surface area contributed by atoms with Gasteiger partial charge in [0.1, 0.15) is 0 Å². The summed E-state index contributed by atoms with van der Waals surface area (Å²) >= 11 is 0. The minimum Gasteiger partial charge on any atom is -0.504 e. The summed E-state index contributed by atoms with van der Waals surface area (Å²) in [6.45, 7) is 0. The molecule has 0 saturated carbocycles. The second kappa shape index (κ2) is 7.41. The van der Waals surface area contributed by atoms with E-state index in [-0.39, 0.29) is 11.5 Å². The van der Waals surface area contributed by atoms with Crippen molar-refractivity contribution in [3.05, 3.63) is 59.7 Å². The van der Waals surface area contributed by atoms with Crippen LogP contribution in [0, 0.1) is 0 Å². The summed E-state index contributed by atoms with van der Waals surface area (Å²) in [7, 11) is 3.24. The van der Waals surface area contributed by atoms with Crippen LogP contribution in [-0.2, 0) is 12.8 Å². The summed E-state index contributed by atoms with van der Waals surface area (Å²) in [5, 5.41) is 18.7. The number of phenolic OH excluding ortho intramolecular Hbond substituents is 2. The molecule has 0 spiro atoms. The van der Waals surface area contributed by atoms with Crippen molar-refractivity contribution in [1.82, 2.24) is 0 Å². The van der Waals surface area contributed by atoms with Crippen LogP contribution in [0.4, 0.5) is 0 Å². The lowest BCUT2D eigenvalue weighted by atomic mass is 10.1. The maximum absolute atomic E-state index is 9.44. The predicted octanol–water partition coefficient (Wildman–Crippen LogP) is 3.46. The molecule has 0 amide bonds. The van der Waals surface area contributed by atoms with Crippen LogP contribution >= 0.6 is 0 Å². The van der Waals surface area contributed by atoms with E-state index in [1.54, 1.807) is 26.4 Å². The van der Waals surface area contributed by atoms with Crippen molar-refractivity contribution in [2.75, 3.05) is 14.2 Å². The van der Waals surface area contributed by atoms with Crippen LogP contribution in [0.5, 0.6) is 23.0 Å². The van der Waals surface area contributed by atoms with E-state index < -0.39 is 0 Å². The van der Waals surface area contributed by atoms with Gasteiger partial charge in [0.05, 0.1) is 14.2 Å². The first-order valence-corrected chi connectivity index (χ1v) is 7.00. The minimum atomic E-state index is -0.0990. The van der Waals surface area contributed by atoms with Crippen molar-refractivity contribution in [3.8, 4) is 23.0 Å². The number of phenols is 2. The molecule has 4 heteroatoms. The molecule has 0 aliphatic rings. The number of aromatic hydroxyl groups is 2. The monoisotopic (exact) mass is 300 g/mol. The Morgan fingerprint density at radius 1 is 0.773 bits per heavy atom. The van der Waals surface area contributed by atoms with Crippen molar-refractivity contribution >= 4 is 0 Å². The lowest BCUT2D eigenvalue weighted by Gasteiger charge is -2.08. The fourth-order valence-corrected chi connectivity index (χ4v) is 2.14. The van der Waals surface area contributed by atoms with Gasteiger partial charge in [-0.3, -0.25) is 0 Å². The average molecular weight is 300 g/mol. The molecule has 0 aromatic heterocycles. The third-order valence-electron chi connectivity index (χ3n) is 3.36. The molecule has 2 rings (SSSR count). The van der Waals surface area contributed by atoms with Crippen molar-refractivity contribution in [2.45, 2.75) is 12.8 Å². The highest BCUT2D eigenvalue weighted by molar-refractivity contribution is 5.43. The van der Waals surface area contributed by atoms with Crippen molar-refractivity contribution in [1.29, 1.82) is 0 Å². The van der Waals surface area contributed by atoms with E-state index in [2.05, 4.69) is 6.08 Å². The Labute approximate surface area is 130 Å². The Morgan fingerprint density at radius 3 is 1.95 bits per heavy atom. The van der Waals surface area contributed by atoms with Crippen LogP contribution in [0.1, 0.15) is 11.1 Å². The number of rotatable bonds is 6. The smallest absolute Gasteiger partial charge is 0.160 e. The molecule has 0 unspecified atom stereocenters. The second-order valence-corrected chi connectivity index (χ2v) is 4.89. The minimum absolute atomic E-state index is 0.0919. The first-order valence-electron chi connectivity index (χ1n) is 7.00. The Kier molecular flexibility index (Phi) is 5.31. The van der Waals surface area contributed by atoms with Gasteiger partial charge < -0.3 is 19.7 Å². The zero-order chi connectivity index (χ0) is 15.9. The number of ether oxygens (including phenoxy) is 2. The predicted molar refractivity (Wildman–Crippen MR) is 85.9 cm³/mol. The van der Waals surface area contributed by atoms with Gasteiger partial charge in [-0.05, 0) is 48.2 Å². The first kappa shape index (κ1) is 15.8. The molecule has 0 fully saturated rings. The molecule has 0 heterocycles. The van der Waals surface area contributed by atoms with Gasteiger partial charge >= 0.3 is 0 Å². The molecule has 116 valence electrons. The molecule has 0 radical (unpaired) electrons. The lowest BCUT2D eigenvalue weighted by molar-refractivity contribution is 0.354. The van der Waals surface area contributed by atoms with Gasteiger partial charge in [0, 0.05) is 0 Å². The van der Waals surface area contributed by atoms with Crippen LogP contribution in [0.3, 0.4) is 0 Å². The standard InChI is InChI=1S/C18H20O4/c1-21-17-10-8-14(12-18(17)22-2)6-4-3-5-13-7-9-15(19)16(20)11-13/h3-4,7-12,19-20H,5-6H2,1-2H3. The van der Waals surface area contributed by atoms with Crippen molar-refractivity contribution in [3.63, 3.8) is 0 Å². The van der Waals surface area contributed by atoms with E-state index in [0.29, 0.717) is 6.42 Å². The Bertz CT molecular complexity index is 662. The molecular weight excluding hydrogens is 280 g/mol. The van der Waals surface area contributed by atoms with E-state index in [0.717, 1.165) is 29.0 Å². The third kappa shape index (κ3) is 3.95. The molecule has 22 heavy (non-hydrogen) atoms. The topological polar surface area (TPSA) is 58.9 Å². The van der Waals surface area contributed by atoms with Crippen molar-refractivity contribution in [2.24, 2.45) is 0 Å². The van der Waals surface area contributed by atoms with Crippen LogP contribution in [-0.4, -0.2) is 24.4 Å². The summed E-state index contributed by atoms with van der Waals surface area (Å²) in [5.41, 5.74) is 2.07. The zero-order valence-corrected chi connectivity index (χ0v) is 12.7. The van der Waals surface area contributed by atoms with Gasteiger partial charge in [-0.1, -0.05) is 24.3 Å². The van der Waals surface area contributed by atoms with E-state index >= 15 is 0 Å². The molecule has 0 aliphatic heterocycles. The molecule has 2 N–H and O–H groups in total. The van der Waals surface area contributed by atoms with Crippen molar-refractivity contribution < 1.29 is 19.7 Å². The molecule has 0 atom stereocenters. The fraction of sp³-hybridized carbons (Fsp3) is 0.222. The van der Waals surface area contributed by atoms with Crippen LogP contribution in [0.25, 0.3) is 0 Å². The van der Waals surface area contributed by atoms with Gasteiger partial charge in [-0.2, -0.15) is 0 Å². The molecule has 0 bridgehead atoms. The van der Waals surface area contributed by atoms with E-state index in [4.69, 9.17) is 9.47 Å². The highest BCUT2D eigenvalue weighted by Gasteiger charge is 2.03. The number of benzene rings is 2. The summed E-state index contributed by atoms with van der Waals surface area (Å²) < 4.78 is 10.5. The zero-order valence-electron chi connectivity index (χ0n) is 12.7.